The highest BCUT2D eigenvalue weighted by Gasteiger charge is 2.30. The molecule has 4 rings (SSSR count). The highest BCUT2D eigenvalue weighted by molar-refractivity contribution is 6.29. The third-order valence-electron chi connectivity index (χ3n) is 5.02. The van der Waals surface area contributed by atoms with Crippen molar-refractivity contribution in [2.24, 2.45) is 0 Å². The van der Waals surface area contributed by atoms with Crippen molar-refractivity contribution in [3.8, 4) is 0 Å². The van der Waals surface area contributed by atoms with E-state index in [0.717, 1.165) is 24.0 Å². The van der Waals surface area contributed by atoms with Crippen molar-refractivity contribution in [3.05, 3.63) is 64.6 Å². The van der Waals surface area contributed by atoms with Crippen LogP contribution in [0.15, 0.2) is 42.7 Å². The number of hydrogen-bond donors (Lipinski definition) is 1. The van der Waals surface area contributed by atoms with Crippen LogP contribution < -0.4 is 15.5 Å². The lowest BCUT2D eigenvalue weighted by atomic mass is 10.0. The molecule has 0 fully saturated rings. The zero-order valence-electron chi connectivity index (χ0n) is 16.3. The quantitative estimate of drug-likeness (QED) is 0.663. The molecule has 1 amide bonds. The van der Waals surface area contributed by atoms with Gasteiger partial charge in [-0.2, -0.15) is 0 Å². The van der Waals surface area contributed by atoms with Crippen LogP contribution >= 0.6 is 11.6 Å². The zero-order chi connectivity index (χ0) is 20.5. The summed E-state index contributed by atoms with van der Waals surface area (Å²) in [4.78, 5) is 29.8. The second-order valence-electron chi connectivity index (χ2n) is 6.89. The molecule has 0 atom stereocenters. The molecular weight excluding hydrogens is 388 g/mol. The molecule has 3 aromatic heterocycles. The lowest BCUT2D eigenvalue weighted by molar-refractivity contribution is 0.0994. The molecule has 0 bridgehead atoms. The predicted molar refractivity (Wildman–Crippen MR) is 115 cm³/mol. The maximum Gasteiger partial charge on any atom is 0.261 e. The van der Waals surface area contributed by atoms with Gasteiger partial charge in [0, 0.05) is 26.0 Å². The predicted octanol–water partition coefficient (Wildman–Crippen LogP) is 3.64. The Balaban J connectivity index is 1.71. The molecule has 148 valence electrons. The van der Waals surface area contributed by atoms with Gasteiger partial charge in [0.1, 0.15) is 16.8 Å². The van der Waals surface area contributed by atoms with Crippen molar-refractivity contribution >= 4 is 40.6 Å². The number of anilines is 4. The van der Waals surface area contributed by atoms with Crippen LogP contribution in [0.4, 0.5) is 23.1 Å². The van der Waals surface area contributed by atoms with Gasteiger partial charge in [-0.1, -0.05) is 11.6 Å². The zero-order valence-corrected chi connectivity index (χ0v) is 17.0. The average Bonchev–Trinajstić information content (AvgIpc) is 2.80. The molecule has 0 unspecified atom stereocenters. The number of fused-ring (bicyclic) bond motifs is 2. The summed E-state index contributed by atoms with van der Waals surface area (Å²) in [5.74, 6) is 1.60. The molecule has 1 aliphatic rings. The third-order valence-corrected chi connectivity index (χ3v) is 5.23. The maximum absolute atomic E-state index is 13.2. The minimum Gasteiger partial charge on any atom is -0.384 e. The van der Waals surface area contributed by atoms with Gasteiger partial charge >= 0.3 is 0 Å². The van der Waals surface area contributed by atoms with Gasteiger partial charge in [0.25, 0.3) is 5.91 Å². The number of aromatic nitrogens is 3. The van der Waals surface area contributed by atoms with Crippen LogP contribution in [0.5, 0.6) is 0 Å². The number of nitrogens with zero attached hydrogens (tertiary/aromatic N) is 5. The number of nitrogens with two attached hydrogens (primary N) is 1. The van der Waals surface area contributed by atoms with Gasteiger partial charge in [-0.05, 0) is 61.2 Å². The van der Waals surface area contributed by atoms with E-state index in [4.69, 9.17) is 17.3 Å². The van der Waals surface area contributed by atoms with Gasteiger partial charge in [-0.3, -0.25) is 4.79 Å². The van der Waals surface area contributed by atoms with Crippen molar-refractivity contribution in [2.75, 3.05) is 29.1 Å². The fourth-order valence-corrected chi connectivity index (χ4v) is 3.66. The Morgan fingerprint density at radius 2 is 1.86 bits per heavy atom. The van der Waals surface area contributed by atoms with E-state index >= 15 is 0 Å². The summed E-state index contributed by atoms with van der Waals surface area (Å²) in [6.45, 7) is 2.60. The van der Waals surface area contributed by atoms with E-state index in [0.29, 0.717) is 40.4 Å². The molecule has 3 aromatic rings. The summed E-state index contributed by atoms with van der Waals surface area (Å²) in [7, 11) is 1.74. The minimum atomic E-state index is -0.121. The fraction of sp³-hybridized carbons (Fsp3) is 0.238. The molecule has 0 spiro atoms. The van der Waals surface area contributed by atoms with Crippen molar-refractivity contribution in [1.29, 1.82) is 0 Å². The van der Waals surface area contributed by atoms with Gasteiger partial charge in [0.15, 0.2) is 5.82 Å². The number of carbonyl (C=O) groups excluding carboxylic acids is 1. The summed E-state index contributed by atoms with van der Waals surface area (Å²) in [6.07, 6.45) is 5.04. The first-order valence-electron chi connectivity index (χ1n) is 9.39. The van der Waals surface area contributed by atoms with Crippen LogP contribution in [-0.4, -0.2) is 34.5 Å². The molecule has 0 aromatic carbocycles. The van der Waals surface area contributed by atoms with Gasteiger partial charge in [0.05, 0.1) is 11.3 Å². The summed E-state index contributed by atoms with van der Waals surface area (Å²) in [5.41, 5.74) is 9.09. The topological polar surface area (TPSA) is 88.2 Å². The third kappa shape index (κ3) is 3.61. The lowest BCUT2D eigenvalue weighted by Crippen LogP contribution is -2.25. The van der Waals surface area contributed by atoms with Crippen molar-refractivity contribution in [1.82, 2.24) is 15.0 Å². The molecule has 4 heterocycles. The van der Waals surface area contributed by atoms with Gasteiger partial charge < -0.3 is 15.5 Å². The highest BCUT2D eigenvalue weighted by Crippen LogP contribution is 2.38. The van der Waals surface area contributed by atoms with Crippen molar-refractivity contribution in [3.63, 3.8) is 0 Å². The van der Waals surface area contributed by atoms with Crippen LogP contribution in [-0.2, 0) is 12.8 Å². The largest absolute Gasteiger partial charge is 0.384 e. The van der Waals surface area contributed by atoms with Gasteiger partial charge in [-0.15, -0.1) is 0 Å². The molecule has 0 saturated carbocycles. The lowest BCUT2D eigenvalue weighted by Gasteiger charge is -2.23. The van der Waals surface area contributed by atoms with E-state index in [9.17, 15) is 4.79 Å². The Kier molecular flexibility index (Phi) is 5.07. The van der Waals surface area contributed by atoms with E-state index in [2.05, 4.69) is 15.0 Å². The normalized spacial score (nSPS) is 13.1. The SMILES string of the molecule is CCN1c2ncc(CCc3ccnc(N)c3)cc2C(=O)N(C)c2ccc(Cl)nc21. The second-order valence-corrected chi connectivity index (χ2v) is 7.28. The van der Waals surface area contributed by atoms with E-state index in [1.165, 1.54) is 0 Å². The smallest absolute Gasteiger partial charge is 0.261 e. The Bertz CT molecular complexity index is 1090. The number of hydrogen-bond acceptors (Lipinski definition) is 6. The molecular formula is C21H21ClN6O. The highest BCUT2D eigenvalue weighted by atomic mass is 35.5. The molecule has 2 N–H and O–H groups in total. The Morgan fingerprint density at radius 3 is 2.62 bits per heavy atom. The van der Waals surface area contributed by atoms with E-state index < -0.39 is 0 Å². The Morgan fingerprint density at radius 1 is 1.07 bits per heavy atom. The average molecular weight is 409 g/mol. The van der Waals surface area contributed by atoms with E-state index in [1.54, 1.807) is 24.2 Å². The van der Waals surface area contributed by atoms with Crippen molar-refractivity contribution in [2.45, 2.75) is 19.8 Å². The van der Waals surface area contributed by atoms with Crippen LogP contribution in [0.2, 0.25) is 5.15 Å². The first kappa shape index (κ1) is 19.1. The molecule has 0 aliphatic carbocycles. The number of rotatable bonds is 4. The summed E-state index contributed by atoms with van der Waals surface area (Å²) < 4.78 is 0. The van der Waals surface area contributed by atoms with Crippen LogP contribution in [0, 0.1) is 0 Å². The van der Waals surface area contributed by atoms with Crippen LogP contribution in [0.25, 0.3) is 0 Å². The molecule has 29 heavy (non-hydrogen) atoms. The van der Waals surface area contributed by atoms with Gasteiger partial charge in [-0.25, -0.2) is 15.0 Å². The fourth-order valence-electron chi connectivity index (χ4n) is 3.52. The number of halogens is 1. The maximum atomic E-state index is 13.2. The molecule has 7 nitrogen and oxygen atoms in total. The Hall–Kier alpha value is -3.19. The molecule has 1 aliphatic heterocycles. The summed E-state index contributed by atoms with van der Waals surface area (Å²) >= 11 is 6.12. The summed E-state index contributed by atoms with van der Waals surface area (Å²) in [6, 6.07) is 9.22. The van der Waals surface area contributed by atoms with E-state index in [1.807, 2.05) is 42.3 Å². The summed E-state index contributed by atoms with van der Waals surface area (Å²) in [5, 5.41) is 0.375. The molecule has 0 saturated heterocycles. The van der Waals surface area contributed by atoms with Crippen LogP contribution in [0.3, 0.4) is 0 Å². The Labute approximate surface area is 174 Å². The standard InChI is InChI=1S/C21H21ClN6O/c1-3-28-19-15(21(29)27(2)16-6-7-17(22)26-20(16)28)10-14(12-25-19)5-4-13-8-9-24-18(23)11-13/h6-12H,3-5H2,1-2H3,(H2,23,24). The number of nitrogen functional groups attached to an aromatic ring is 1. The number of pyridine rings is 3. The molecule has 0 radical (unpaired) electrons. The monoisotopic (exact) mass is 408 g/mol. The van der Waals surface area contributed by atoms with Crippen LogP contribution in [0.1, 0.15) is 28.4 Å². The van der Waals surface area contributed by atoms with E-state index in [-0.39, 0.29) is 5.91 Å². The number of aryl methyl sites for hydroxylation is 2. The number of amides is 1. The first-order valence-corrected chi connectivity index (χ1v) is 9.77. The molecule has 8 heteroatoms. The van der Waals surface area contributed by atoms with Gasteiger partial charge in [0.2, 0.25) is 0 Å². The number of carbonyl (C=O) groups is 1. The van der Waals surface area contributed by atoms with Crippen molar-refractivity contribution < 1.29 is 4.79 Å². The minimum absolute atomic E-state index is 0.121. The first-order chi connectivity index (χ1) is 14.0. The second kappa shape index (κ2) is 7.67.